The van der Waals surface area contributed by atoms with Crippen LogP contribution in [0.1, 0.15) is 19.3 Å². The zero-order chi connectivity index (χ0) is 12.0. The molecule has 88 valence electrons. The Kier molecular flexibility index (Phi) is 4.92. The summed E-state index contributed by atoms with van der Waals surface area (Å²) in [6.45, 7) is 0.580. The topological polar surface area (TPSA) is 46.3 Å². The average molecular weight is 224 g/mol. The van der Waals surface area contributed by atoms with Gasteiger partial charge >= 0.3 is 0 Å². The van der Waals surface area contributed by atoms with E-state index in [0.717, 1.165) is 12.8 Å². The van der Waals surface area contributed by atoms with Crippen LogP contribution in [-0.2, 0) is 4.79 Å². The fourth-order valence-corrected chi connectivity index (χ4v) is 1.45. The van der Waals surface area contributed by atoms with E-state index in [4.69, 9.17) is 5.73 Å². The molecule has 0 unspecified atom stereocenters. The van der Waals surface area contributed by atoms with E-state index in [1.807, 2.05) is 0 Å². The molecule has 1 aromatic carbocycles. The van der Waals surface area contributed by atoms with Crippen LogP contribution in [0.3, 0.4) is 0 Å². The maximum Gasteiger partial charge on any atom is 0.226 e. The number of halogens is 1. The van der Waals surface area contributed by atoms with Crippen molar-refractivity contribution in [3.63, 3.8) is 0 Å². The summed E-state index contributed by atoms with van der Waals surface area (Å²) in [5.74, 6) is -0.462. The van der Waals surface area contributed by atoms with Gasteiger partial charge in [0.05, 0.1) is 5.69 Å². The van der Waals surface area contributed by atoms with Gasteiger partial charge in [-0.3, -0.25) is 4.79 Å². The van der Waals surface area contributed by atoms with Gasteiger partial charge in [0.2, 0.25) is 5.91 Å². The van der Waals surface area contributed by atoms with E-state index >= 15 is 0 Å². The van der Waals surface area contributed by atoms with Gasteiger partial charge in [0.1, 0.15) is 5.82 Å². The second-order valence-electron chi connectivity index (χ2n) is 3.65. The van der Waals surface area contributed by atoms with Crippen molar-refractivity contribution >= 4 is 11.6 Å². The molecule has 0 atom stereocenters. The van der Waals surface area contributed by atoms with Gasteiger partial charge in [0, 0.05) is 13.5 Å². The highest BCUT2D eigenvalue weighted by atomic mass is 19.1. The Balaban J connectivity index is 2.60. The highest BCUT2D eigenvalue weighted by Gasteiger charge is 2.13. The first kappa shape index (κ1) is 12.6. The van der Waals surface area contributed by atoms with E-state index < -0.39 is 0 Å². The number of hydrogen-bond donors (Lipinski definition) is 1. The molecule has 0 saturated carbocycles. The maximum absolute atomic E-state index is 13.4. The summed E-state index contributed by atoms with van der Waals surface area (Å²) in [5.41, 5.74) is 5.66. The van der Waals surface area contributed by atoms with Crippen LogP contribution in [0.4, 0.5) is 10.1 Å². The van der Waals surface area contributed by atoms with Crippen LogP contribution in [0.2, 0.25) is 0 Å². The first-order chi connectivity index (χ1) is 7.66. The van der Waals surface area contributed by atoms with Crippen LogP contribution < -0.4 is 10.6 Å². The summed E-state index contributed by atoms with van der Waals surface area (Å²) in [5, 5.41) is 0. The molecule has 0 spiro atoms. The van der Waals surface area contributed by atoms with E-state index in [1.54, 1.807) is 25.2 Å². The van der Waals surface area contributed by atoms with Crippen molar-refractivity contribution in [3.8, 4) is 0 Å². The minimum Gasteiger partial charge on any atom is -0.330 e. The van der Waals surface area contributed by atoms with E-state index in [9.17, 15) is 9.18 Å². The molecule has 16 heavy (non-hydrogen) atoms. The molecule has 1 aromatic rings. The number of benzene rings is 1. The molecule has 4 heteroatoms. The van der Waals surface area contributed by atoms with Crippen LogP contribution >= 0.6 is 0 Å². The Hall–Kier alpha value is -1.42. The number of anilines is 1. The van der Waals surface area contributed by atoms with Gasteiger partial charge in [-0.05, 0) is 31.5 Å². The van der Waals surface area contributed by atoms with E-state index in [2.05, 4.69) is 0 Å². The lowest BCUT2D eigenvalue weighted by Gasteiger charge is -2.17. The second-order valence-corrected chi connectivity index (χ2v) is 3.65. The summed E-state index contributed by atoms with van der Waals surface area (Å²) >= 11 is 0. The molecule has 1 amide bonds. The monoisotopic (exact) mass is 224 g/mol. The van der Waals surface area contributed by atoms with Crippen LogP contribution in [0, 0.1) is 5.82 Å². The Morgan fingerprint density at radius 1 is 1.38 bits per heavy atom. The minimum atomic E-state index is -0.378. The third-order valence-electron chi connectivity index (χ3n) is 2.43. The summed E-state index contributed by atoms with van der Waals surface area (Å²) in [7, 11) is 1.59. The van der Waals surface area contributed by atoms with Crippen molar-refractivity contribution in [2.24, 2.45) is 5.73 Å². The number of nitrogens with two attached hydrogens (primary N) is 1. The van der Waals surface area contributed by atoms with Gasteiger partial charge in [-0.2, -0.15) is 0 Å². The molecular formula is C12H17FN2O. The first-order valence-corrected chi connectivity index (χ1v) is 5.38. The van der Waals surface area contributed by atoms with E-state index in [0.29, 0.717) is 18.7 Å². The number of unbranched alkanes of at least 4 members (excludes halogenated alkanes) is 1. The zero-order valence-electron chi connectivity index (χ0n) is 9.45. The summed E-state index contributed by atoms with van der Waals surface area (Å²) in [4.78, 5) is 13.0. The van der Waals surface area contributed by atoms with Crippen LogP contribution in [0.25, 0.3) is 0 Å². The Morgan fingerprint density at radius 3 is 2.69 bits per heavy atom. The Bertz CT molecular complexity index is 355. The number of carbonyl (C=O) groups excluding carboxylic acids is 1. The van der Waals surface area contributed by atoms with Gasteiger partial charge in [-0.25, -0.2) is 4.39 Å². The number of nitrogens with zero attached hydrogens (tertiary/aromatic N) is 1. The van der Waals surface area contributed by atoms with Crippen molar-refractivity contribution in [3.05, 3.63) is 30.1 Å². The molecule has 3 nitrogen and oxygen atoms in total. The molecule has 0 heterocycles. The van der Waals surface area contributed by atoms with Gasteiger partial charge < -0.3 is 10.6 Å². The molecule has 0 bridgehead atoms. The number of para-hydroxylation sites is 1. The largest absolute Gasteiger partial charge is 0.330 e. The van der Waals surface area contributed by atoms with E-state index in [1.165, 1.54) is 11.0 Å². The normalized spacial score (nSPS) is 10.2. The molecule has 1 rings (SSSR count). The fourth-order valence-electron chi connectivity index (χ4n) is 1.45. The van der Waals surface area contributed by atoms with Crippen molar-refractivity contribution < 1.29 is 9.18 Å². The predicted molar refractivity (Wildman–Crippen MR) is 62.7 cm³/mol. The molecule has 0 aliphatic heterocycles. The molecule has 0 saturated heterocycles. The quantitative estimate of drug-likeness (QED) is 0.777. The van der Waals surface area contributed by atoms with Crippen molar-refractivity contribution in [1.82, 2.24) is 0 Å². The van der Waals surface area contributed by atoms with Crippen molar-refractivity contribution in [2.45, 2.75) is 19.3 Å². The average Bonchev–Trinajstić information content (AvgIpc) is 2.29. The van der Waals surface area contributed by atoms with Crippen molar-refractivity contribution in [2.75, 3.05) is 18.5 Å². The van der Waals surface area contributed by atoms with Crippen LogP contribution in [0.5, 0.6) is 0 Å². The Morgan fingerprint density at radius 2 is 2.06 bits per heavy atom. The molecule has 0 radical (unpaired) electrons. The molecule has 0 aromatic heterocycles. The minimum absolute atomic E-state index is 0.0847. The third kappa shape index (κ3) is 3.31. The molecule has 2 N–H and O–H groups in total. The third-order valence-corrected chi connectivity index (χ3v) is 2.43. The summed E-state index contributed by atoms with van der Waals surface area (Å²) < 4.78 is 13.4. The Labute approximate surface area is 95.0 Å². The number of carbonyl (C=O) groups is 1. The smallest absolute Gasteiger partial charge is 0.226 e. The van der Waals surface area contributed by atoms with Crippen LogP contribution in [0.15, 0.2) is 24.3 Å². The second kappa shape index (κ2) is 6.23. The molecule has 0 fully saturated rings. The predicted octanol–water partition coefficient (Wildman–Crippen LogP) is 1.92. The number of amides is 1. The van der Waals surface area contributed by atoms with Gasteiger partial charge in [-0.15, -0.1) is 0 Å². The zero-order valence-corrected chi connectivity index (χ0v) is 9.45. The lowest BCUT2D eigenvalue weighted by Crippen LogP contribution is -2.26. The summed E-state index contributed by atoms with van der Waals surface area (Å²) in [6.07, 6.45) is 1.97. The van der Waals surface area contributed by atoms with Crippen molar-refractivity contribution in [1.29, 1.82) is 0 Å². The van der Waals surface area contributed by atoms with E-state index in [-0.39, 0.29) is 11.7 Å². The molecular weight excluding hydrogens is 207 g/mol. The SMILES string of the molecule is CN(C(=O)CCCCN)c1ccccc1F. The first-order valence-electron chi connectivity index (χ1n) is 5.38. The maximum atomic E-state index is 13.4. The standard InChI is InChI=1S/C12H17FN2O/c1-15(12(16)8-4-5-9-14)11-7-3-2-6-10(11)13/h2-3,6-7H,4-5,8-9,14H2,1H3. The number of rotatable bonds is 5. The molecule has 0 aliphatic carbocycles. The molecule has 0 aliphatic rings. The lowest BCUT2D eigenvalue weighted by atomic mass is 10.2. The highest BCUT2D eigenvalue weighted by molar-refractivity contribution is 5.92. The number of hydrogen-bond acceptors (Lipinski definition) is 2. The van der Waals surface area contributed by atoms with Crippen LogP contribution in [-0.4, -0.2) is 19.5 Å². The highest BCUT2D eigenvalue weighted by Crippen LogP contribution is 2.18. The van der Waals surface area contributed by atoms with Gasteiger partial charge in [0.25, 0.3) is 0 Å². The van der Waals surface area contributed by atoms with Gasteiger partial charge in [-0.1, -0.05) is 12.1 Å². The summed E-state index contributed by atoms with van der Waals surface area (Å²) in [6, 6.07) is 6.25. The lowest BCUT2D eigenvalue weighted by molar-refractivity contribution is -0.118. The fraction of sp³-hybridized carbons (Fsp3) is 0.417. The van der Waals surface area contributed by atoms with Gasteiger partial charge in [0.15, 0.2) is 0 Å².